The minimum atomic E-state index is -0.637. The normalized spacial score (nSPS) is 24.6. The van der Waals surface area contributed by atoms with E-state index in [1.165, 1.54) is 11.1 Å². The molecule has 1 spiro atoms. The summed E-state index contributed by atoms with van der Waals surface area (Å²) in [7, 11) is 0. The first-order valence-electron chi connectivity index (χ1n) is 6.42. The number of benzene rings is 1. The lowest BCUT2D eigenvalue weighted by Crippen LogP contribution is -2.51. The number of nitrogens with zero attached hydrogens (tertiary/aromatic N) is 1. The van der Waals surface area contributed by atoms with Gasteiger partial charge in [0, 0.05) is 18.9 Å². The lowest BCUT2D eigenvalue weighted by molar-refractivity contribution is -0.126. The molecule has 1 saturated heterocycles. The molecule has 4 heteroatoms. The van der Waals surface area contributed by atoms with Crippen LogP contribution in [0.2, 0.25) is 0 Å². The van der Waals surface area contributed by atoms with Crippen molar-refractivity contribution in [1.29, 1.82) is 0 Å². The van der Waals surface area contributed by atoms with Gasteiger partial charge in [-0.25, -0.2) is 4.79 Å². The maximum absolute atomic E-state index is 12.2. The Bertz CT molecular complexity index is 538. The van der Waals surface area contributed by atoms with Gasteiger partial charge in [-0.15, -0.1) is 0 Å². The number of imide groups is 1. The minimum Gasteiger partial charge on any atom is -0.306 e. The van der Waals surface area contributed by atoms with Crippen LogP contribution < -0.4 is 5.32 Å². The van der Waals surface area contributed by atoms with E-state index in [1.54, 1.807) is 0 Å². The van der Waals surface area contributed by atoms with Crippen LogP contribution >= 0.6 is 0 Å². The summed E-state index contributed by atoms with van der Waals surface area (Å²) in [5.41, 5.74) is 1.77. The highest BCUT2D eigenvalue weighted by molar-refractivity contribution is 6.08. The SMILES string of the molecule is O=C1NC(=O)C2(Cc3ccccc3C2)N1C1CC1. The van der Waals surface area contributed by atoms with Crippen LogP contribution in [0.15, 0.2) is 24.3 Å². The third kappa shape index (κ3) is 1.15. The van der Waals surface area contributed by atoms with Crippen LogP contribution in [0.25, 0.3) is 0 Å². The molecule has 2 aliphatic carbocycles. The van der Waals surface area contributed by atoms with Crippen LogP contribution in [0.4, 0.5) is 4.79 Å². The zero-order valence-electron chi connectivity index (χ0n) is 9.98. The molecule has 1 aromatic rings. The molecule has 2 fully saturated rings. The van der Waals surface area contributed by atoms with E-state index < -0.39 is 5.54 Å². The smallest absolute Gasteiger partial charge is 0.306 e. The van der Waals surface area contributed by atoms with Crippen molar-refractivity contribution in [1.82, 2.24) is 10.2 Å². The van der Waals surface area contributed by atoms with Crippen LogP contribution in [0.3, 0.4) is 0 Å². The molecule has 0 unspecified atom stereocenters. The second-order valence-electron chi connectivity index (χ2n) is 5.51. The van der Waals surface area contributed by atoms with Gasteiger partial charge in [0.05, 0.1) is 0 Å². The third-order valence-corrected chi connectivity index (χ3v) is 4.32. The number of hydrogen-bond donors (Lipinski definition) is 1. The average Bonchev–Trinajstić information content (AvgIpc) is 3.04. The molecule has 0 bridgehead atoms. The summed E-state index contributed by atoms with van der Waals surface area (Å²) >= 11 is 0. The molecule has 3 amide bonds. The van der Waals surface area contributed by atoms with E-state index >= 15 is 0 Å². The standard InChI is InChI=1S/C14H14N2O2/c17-12-14(16(11-5-6-11)13(18)15-12)7-9-3-1-2-4-10(9)8-14/h1-4,11H,5-8H2,(H,15,17,18). The maximum atomic E-state index is 12.2. The third-order valence-electron chi connectivity index (χ3n) is 4.32. The number of urea groups is 1. The fourth-order valence-electron chi connectivity index (χ4n) is 3.35. The van der Waals surface area contributed by atoms with Crippen molar-refractivity contribution in [3.63, 3.8) is 0 Å². The molecule has 0 radical (unpaired) electrons. The van der Waals surface area contributed by atoms with Gasteiger partial charge >= 0.3 is 6.03 Å². The molecular formula is C14H14N2O2. The van der Waals surface area contributed by atoms with Gasteiger partial charge in [0.1, 0.15) is 5.54 Å². The number of carbonyl (C=O) groups excluding carboxylic acids is 2. The lowest BCUT2D eigenvalue weighted by Gasteiger charge is -2.31. The van der Waals surface area contributed by atoms with Crippen molar-refractivity contribution in [3.05, 3.63) is 35.4 Å². The summed E-state index contributed by atoms with van der Waals surface area (Å²) in [6.45, 7) is 0. The molecule has 18 heavy (non-hydrogen) atoms. The molecule has 1 heterocycles. The largest absolute Gasteiger partial charge is 0.325 e. The fraction of sp³-hybridized carbons (Fsp3) is 0.429. The van der Waals surface area contributed by atoms with E-state index in [4.69, 9.17) is 0 Å². The van der Waals surface area contributed by atoms with Crippen molar-refractivity contribution < 1.29 is 9.59 Å². The summed E-state index contributed by atoms with van der Waals surface area (Å²) in [4.78, 5) is 26.0. The average molecular weight is 242 g/mol. The Morgan fingerprint density at radius 1 is 1.11 bits per heavy atom. The number of rotatable bonds is 1. The van der Waals surface area contributed by atoms with Gasteiger partial charge in [0.25, 0.3) is 5.91 Å². The topological polar surface area (TPSA) is 49.4 Å². The predicted molar refractivity (Wildman–Crippen MR) is 65.0 cm³/mol. The van der Waals surface area contributed by atoms with Crippen molar-refractivity contribution in [3.8, 4) is 0 Å². The summed E-state index contributed by atoms with van der Waals surface area (Å²) in [5.74, 6) is -0.115. The van der Waals surface area contributed by atoms with Gasteiger partial charge in [0.2, 0.25) is 0 Å². The van der Waals surface area contributed by atoms with E-state index in [2.05, 4.69) is 17.4 Å². The van der Waals surface area contributed by atoms with Crippen LogP contribution in [-0.4, -0.2) is 28.4 Å². The second-order valence-corrected chi connectivity index (χ2v) is 5.51. The van der Waals surface area contributed by atoms with Gasteiger partial charge < -0.3 is 4.90 Å². The first-order valence-corrected chi connectivity index (χ1v) is 6.42. The van der Waals surface area contributed by atoms with Gasteiger partial charge in [0.15, 0.2) is 0 Å². The first kappa shape index (κ1) is 10.1. The quantitative estimate of drug-likeness (QED) is 0.753. The molecule has 1 N–H and O–H groups in total. The van der Waals surface area contributed by atoms with E-state index in [-0.39, 0.29) is 18.0 Å². The van der Waals surface area contributed by atoms with Gasteiger partial charge in [-0.3, -0.25) is 10.1 Å². The Morgan fingerprint density at radius 3 is 2.28 bits per heavy atom. The monoisotopic (exact) mass is 242 g/mol. The number of carbonyl (C=O) groups is 2. The van der Waals surface area contributed by atoms with Gasteiger partial charge in [-0.1, -0.05) is 24.3 Å². The Labute approximate surface area is 105 Å². The van der Waals surface area contributed by atoms with Crippen molar-refractivity contribution in [2.75, 3.05) is 0 Å². The Morgan fingerprint density at radius 2 is 1.72 bits per heavy atom. The molecule has 4 rings (SSSR count). The Kier molecular flexibility index (Phi) is 1.76. The summed E-state index contributed by atoms with van der Waals surface area (Å²) in [6.07, 6.45) is 3.38. The van der Waals surface area contributed by atoms with E-state index in [1.807, 2.05) is 17.0 Å². The highest BCUT2D eigenvalue weighted by Gasteiger charge is 2.59. The second kappa shape index (κ2) is 3.13. The van der Waals surface area contributed by atoms with E-state index in [9.17, 15) is 9.59 Å². The summed E-state index contributed by atoms with van der Waals surface area (Å²) in [5, 5.41) is 2.50. The van der Waals surface area contributed by atoms with Crippen LogP contribution in [0.1, 0.15) is 24.0 Å². The zero-order chi connectivity index (χ0) is 12.3. The molecule has 92 valence electrons. The van der Waals surface area contributed by atoms with Crippen molar-refractivity contribution in [2.45, 2.75) is 37.3 Å². The molecule has 1 aromatic carbocycles. The number of nitrogens with one attached hydrogen (secondary N) is 1. The molecule has 0 atom stereocenters. The first-order chi connectivity index (χ1) is 8.71. The van der Waals surface area contributed by atoms with E-state index in [0.717, 1.165) is 12.8 Å². The van der Waals surface area contributed by atoms with Crippen LogP contribution in [0.5, 0.6) is 0 Å². The Hall–Kier alpha value is -1.84. The molecule has 1 saturated carbocycles. The molecular weight excluding hydrogens is 228 g/mol. The fourth-order valence-corrected chi connectivity index (χ4v) is 3.35. The molecule has 1 aliphatic heterocycles. The predicted octanol–water partition coefficient (Wildman–Crippen LogP) is 1.24. The summed E-state index contributed by atoms with van der Waals surface area (Å²) in [6, 6.07) is 8.18. The lowest BCUT2D eigenvalue weighted by atomic mass is 9.94. The van der Waals surface area contributed by atoms with Crippen molar-refractivity contribution >= 4 is 11.9 Å². The van der Waals surface area contributed by atoms with Crippen LogP contribution in [-0.2, 0) is 17.6 Å². The molecule has 3 aliphatic rings. The highest BCUT2D eigenvalue weighted by atomic mass is 16.2. The highest BCUT2D eigenvalue weighted by Crippen LogP contribution is 2.43. The number of fused-ring (bicyclic) bond motifs is 1. The number of hydrogen-bond acceptors (Lipinski definition) is 2. The maximum Gasteiger partial charge on any atom is 0.325 e. The van der Waals surface area contributed by atoms with Gasteiger partial charge in [-0.05, 0) is 24.0 Å². The summed E-state index contributed by atoms with van der Waals surface area (Å²) < 4.78 is 0. The molecule has 4 nitrogen and oxygen atoms in total. The van der Waals surface area contributed by atoms with E-state index in [0.29, 0.717) is 12.8 Å². The minimum absolute atomic E-state index is 0.115. The number of amides is 3. The van der Waals surface area contributed by atoms with Crippen molar-refractivity contribution in [2.24, 2.45) is 0 Å². The Balaban J connectivity index is 1.79. The van der Waals surface area contributed by atoms with Crippen LogP contribution in [0, 0.1) is 0 Å². The van der Waals surface area contributed by atoms with Gasteiger partial charge in [-0.2, -0.15) is 0 Å². The molecule has 0 aromatic heterocycles. The zero-order valence-corrected chi connectivity index (χ0v) is 9.98.